The smallest absolute Gasteiger partial charge is 0.259 e. The zero-order valence-corrected chi connectivity index (χ0v) is 23.5. The summed E-state index contributed by atoms with van der Waals surface area (Å²) in [6.45, 7) is 0.962. The van der Waals surface area contributed by atoms with E-state index in [4.69, 9.17) is 19.6 Å². The second-order valence-corrected chi connectivity index (χ2v) is 10.9. The molecule has 2 heterocycles. The minimum absolute atomic E-state index is 0.0815. The van der Waals surface area contributed by atoms with Crippen LogP contribution < -0.4 is 9.64 Å². The Balaban J connectivity index is 1.42. The van der Waals surface area contributed by atoms with Crippen LogP contribution in [0.3, 0.4) is 0 Å². The highest BCUT2D eigenvalue weighted by atomic mass is 79.9. The van der Waals surface area contributed by atoms with Crippen LogP contribution in [-0.4, -0.2) is 35.7 Å². The van der Waals surface area contributed by atoms with Crippen LogP contribution in [-0.2, 0) is 22.5 Å². The molecule has 1 spiro atoms. The van der Waals surface area contributed by atoms with Crippen molar-refractivity contribution in [2.75, 3.05) is 18.1 Å². The van der Waals surface area contributed by atoms with Crippen molar-refractivity contribution >= 4 is 33.4 Å². The number of ether oxygens (including phenoxy) is 2. The molecule has 0 fully saturated rings. The number of halogens is 1. The van der Waals surface area contributed by atoms with Gasteiger partial charge in [0.15, 0.2) is 11.6 Å². The Kier molecular flexibility index (Phi) is 7.41. The second kappa shape index (κ2) is 11.3. The van der Waals surface area contributed by atoms with E-state index in [1.165, 1.54) is 0 Å². The number of aliphatic hydroxyl groups is 1. The van der Waals surface area contributed by atoms with Gasteiger partial charge in [-0.15, -0.1) is 0 Å². The molecule has 2 aliphatic rings. The maximum absolute atomic E-state index is 14.6. The summed E-state index contributed by atoms with van der Waals surface area (Å²) >= 11 is 3.53. The molecule has 2 atom stereocenters. The van der Waals surface area contributed by atoms with Crippen LogP contribution in [0.2, 0.25) is 0 Å². The van der Waals surface area contributed by atoms with Crippen molar-refractivity contribution in [3.63, 3.8) is 0 Å². The molecule has 6 rings (SSSR count). The Hall–Kier alpha value is -3.94. The first kappa shape index (κ1) is 26.3. The molecule has 1 N–H and O–H groups in total. The third kappa shape index (κ3) is 5.03. The molecule has 0 aliphatic carbocycles. The first-order valence-corrected chi connectivity index (χ1v) is 14.2. The van der Waals surface area contributed by atoms with Gasteiger partial charge in [-0.2, -0.15) is 0 Å². The number of carbonyl (C=O) groups is 1. The normalized spacial score (nSPS) is 19.8. The number of amides is 1. The van der Waals surface area contributed by atoms with E-state index in [0.29, 0.717) is 37.6 Å². The summed E-state index contributed by atoms with van der Waals surface area (Å²) in [6.07, 6.45) is 0.396. The molecule has 1 amide bonds. The number of hydrogen-bond acceptors (Lipinski definition) is 5. The van der Waals surface area contributed by atoms with Crippen LogP contribution in [0.25, 0.3) is 0 Å². The number of carbonyl (C=O) groups excluding carboxylic acids is 1. The zero-order valence-electron chi connectivity index (χ0n) is 21.9. The zero-order chi connectivity index (χ0) is 27.5. The van der Waals surface area contributed by atoms with Crippen molar-refractivity contribution in [3.05, 3.63) is 130 Å². The van der Waals surface area contributed by atoms with Crippen molar-refractivity contribution in [2.24, 2.45) is 4.99 Å². The van der Waals surface area contributed by atoms with Crippen molar-refractivity contribution in [3.8, 4) is 5.75 Å². The van der Waals surface area contributed by atoms with Gasteiger partial charge in [-0.1, -0.05) is 76.6 Å². The maximum atomic E-state index is 14.6. The summed E-state index contributed by atoms with van der Waals surface area (Å²) in [5.74, 6) is 1.05. The van der Waals surface area contributed by atoms with Gasteiger partial charge in [0, 0.05) is 35.2 Å². The average molecular weight is 598 g/mol. The van der Waals surface area contributed by atoms with E-state index >= 15 is 0 Å². The lowest BCUT2D eigenvalue weighted by atomic mass is 9.78. The number of para-hydroxylation sites is 1. The highest BCUT2D eigenvalue weighted by Crippen LogP contribution is 2.48. The van der Waals surface area contributed by atoms with E-state index in [2.05, 4.69) is 22.0 Å². The number of nitrogens with zero attached hydrogens (tertiary/aromatic N) is 2. The van der Waals surface area contributed by atoms with Crippen LogP contribution in [0.1, 0.15) is 34.8 Å². The third-order valence-corrected chi connectivity index (χ3v) is 7.88. The fraction of sp³-hybridized carbons (Fsp3) is 0.212. The standard InChI is InChI=1S/C33H29BrN2O4/c34-27-15-11-24(12-16-27)30-33(35-31(40-30)25-13-17-28(18-14-25)39-20-6-19-37)21-26-9-4-5-10-29(26)36(32(33)38)22-23-7-2-1-3-8-23/h1-5,7-18,30,37H,6,19-22H2/t30-,33-/m0/s1. The molecule has 0 unspecified atom stereocenters. The molecule has 7 heteroatoms. The van der Waals surface area contributed by atoms with Gasteiger partial charge in [0.2, 0.25) is 5.90 Å². The summed E-state index contributed by atoms with van der Waals surface area (Å²) < 4.78 is 13.2. The lowest BCUT2D eigenvalue weighted by molar-refractivity contribution is -0.126. The predicted octanol–water partition coefficient (Wildman–Crippen LogP) is 6.26. The molecule has 0 aromatic heterocycles. The van der Waals surface area contributed by atoms with Gasteiger partial charge in [-0.3, -0.25) is 4.79 Å². The predicted molar refractivity (Wildman–Crippen MR) is 159 cm³/mol. The Labute approximate surface area is 242 Å². The van der Waals surface area contributed by atoms with E-state index in [9.17, 15) is 4.79 Å². The van der Waals surface area contributed by atoms with E-state index in [1.54, 1.807) is 0 Å². The van der Waals surface area contributed by atoms with Crippen LogP contribution in [0.4, 0.5) is 5.69 Å². The molecule has 202 valence electrons. The highest BCUT2D eigenvalue weighted by Gasteiger charge is 2.57. The van der Waals surface area contributed by atoms with Crippen LogP contribution in [0.15, 0.2) is 113 Å². The molecule has 4 aromatic carbocycles. The summed E-state index contributed by atoms with van der Waals surface area (Å²) in [4.78, 5) is 21.6. The molecular weight excluding hydrogens is 568 g/mol. The van der Waals surface area contributed by atoms with Crippen molar-refractivity contribution in [1.29, 1.82) is 0 Å². The lowest BCUT2D eigenvalue weighted by Gasteiger charge is -2.41. The fourth-order valence-corrected chi connectivity index (χ4v) is 5.65. The lowest BCUT2D eigenvalue weighted by Crippen LogP contribution is -2.54. The van der Waals surface area contributed by atoms with Crippen molar-refractivity contribution < 1.29 is 19.4 Å². The summed E-state index contributed by atoms with van der Waals surface area (Å²) in [6, 6.07) is 33.5. The first-order chi connectivity index (χ1) is 19.6. The minimum atomic E-state index is -1.16. The van der Waals surface area contributed by atoms with Crippen LogP contribution in [0.5, 0.6) is 5.75 Å². The number of aliphatic hydroxyl groups excluding tert-OH is 1. The Morgan fingerprint density at radius 3 is 2.42 bits per heavy atom. The first-order valence-electron chi connectivity index (χ1n) is 13.4. The number of hydrogen-bond donors (Lipinski definition) is 1. The second-order valence-electron chi connectivity index (χ2n) is 10.0. The van der Waals surface area contributed by atoms with E-state index in [0.717, 1.165) is 32.4 Å². The molecular formula is C33H29BrN2O4. The topological polar surface area (TPSA) is 71.4 Å². The fourth-order valence-electron chi connectivity index (χ4n) is 5.39. The number of aliphatic imine (C=N–C) groups is 1. The largest absolute Gasteiger partial charge is 0.494 e. The monoisotopic (exact) mass is 596 g/mol. The van der Waals surface area contributed by atoms with Crippen molar-refractivity contribution in [2.45, 2.75) is 31.0 Å². The maximum Gasteiger partial charge on any atom is 0.259 e. The van der Waals surface area contributed by atoms with Gasteiger partial charge in [0.1, 0.15) is 5.75 Å². The third-order valence-electron chi connectivity index (χ3n) is 7.35. The summed E-state index contributed by atoms with van der Waals surface area (Å²) in [7, 11) is 0. The number of fused-ring (bicyclic) bond motifs is 1. The SMILES string of the molecule is O=C1N(Cc2ccccc2)c2ccccc2C[C@@]12N=C(c1ccc(OCCCO)cc1)O[C@H]2c1ccc(Br)cc1. The Morgan fingerprint density at radius 1 is 0.950 bits per heavy atom. The van der Waals surface area contributed by atoms with E-state index in [1.807, 2.05) is 102 Å². The van der Waals surface area contributed by atoms with Gasteiger partial charge in [-0.25, -0.2) is 4.99 Å². The minimum Gasteiger partial charge on any atom is -0.494 e. The number of benzene rings is 4. The van der Waals surface area contributed by atoms with Gasteiger partial charge in [0.25, 0.3) is 5.91 Å². The molecule has 0 bridgehead atoms. The van der Waals surface area contributed by atoms with E-state index < -0.39 is 11.6 Å². The molecule has 0 radical (unpaired) electrons. The van der Waals surface area contributed by atoms with Gasteiger partial charge in [0.05, 0.1) is 13.2 Å². The highest BCUT2D eigenvalue weighted by molar-refractivity contribution is 9.10. The van der Waals surface area contributed by atoms with Crippen LogP contribution in [0, 0.1) is 0 Å². The molecule has 4 aromatic rings. The van der Waals surface area contributed by atoms with Gasteiger partial charge < -0.3 is 19.5 Å². The number of anilines is 1. The number of rotatable bonds is 8. The summed E-state index contributed by atoms with van der Waals surface area (Å²) in [5, 5.41) is 9.02. The van der Waals surface area contributed by atoms with Crippen molar-refractivity contribution in [1.82, 2.24) is 0 Å². The molecule has 40 heavy (non-hydrogen) atoms. The quantitative estimate of drug-likeness (QED) is 0.244. The molecule has 6 nitrogen and oxygen atoms in total. The van der Waals surface area contributed by atoms with Gasteiger partial charge in [-0.05, 0) is 59.2 Å². The van der Waals surface area contributed by atoms with Gasteiger partial charge >= 0.3 is 0 Å². The Bertz CT molecular complexity index is 1520. The van der Waals surface area contributed by atoms with E-state index in [-0.39, 0.29) is 12.5 Å². The molecule has 0 saturated heterocycles. The molecule has 0 saturated carbocycles. The molecule has 2 aliphatic heterocycles. The van der Waals surface area contributed by atoms with Crippen LogP contribution >= 0.6 is 15.9 Å². The average Bonchev–Trinajstić information content (AvgIpc) is 3.37. The summed E-state index contributed by atoms with van der Waals surface area (Å²) in [5.41, 5.74) is 3.50. The Morgan fingerprint density at radius 2 is 1.68 bits per heavy atom.